The maximum atomic E-state index is 9.91. The molecule has 138 valence electrons. The molecule has 0 N–H and O–H groups in total. The molecule has 0 spiro atoms. The molecule has 1 aromatic carbocycles. The lowest BCUT2D eigenvalue weighted by molar-refractivity contribution is 0.316. The standard InChI is InChI=1S/C24H21N3O/c1-17-13-19(14-20(28-17)11-12-24(2,3)4)21(15-25)23(22(16-26)27-5)18-9-7-6-8-10-18/h6-14H,1-4H3/b12-11+,21-19-,23-22+. The zero-order valence-corrected chi connectivity index (χ0v) is 16.4. The van der Waals surface area contributed by atoms with Crippen molar-refractivity contribution in [2.75, 3.05) is 0 Å². The predicted octanol–water partition coefficient (Wildman–Crippen LogP) is 6.08. The molecule has 0 unspecified atom stereocenters. The van der Waals surface area contributed by atoms with E-state index >= 15 is 0 Å². The van der Waals surface area contributed by atoms with Gasteiger partial charge in [0.05, 0.1) is 24.3 Å². The van der Waals surface area contributed by atoms with Crippen molar-refractivity contribution in [3.63, 3.8) is 0 Å². The van der Waals surface area contributed by atoms with E-state index in [-0.39, 0.29) is 16.7 Å². The lowest BCUT2D eigenvalue weighted by Crippen LogP contribution is -2.03. The van der Waals surface area contributed by atoms with Gasteiger partial charge in [-0.2, -0.15) is 5.26 Å². The van der Waals surface area contributed by atoms with Crippen LogP contribution in [0, 0.1) is 34.6 Å². The highest BCUT2D eigenvalue weighted by atomic mass is 16.5. The van der Waals surface area contributed by atoms with E-state index in [2.05, 4.69) is 31.7 Å². The molecule has 0 saturated carbocycles. The monoisotopic (exact) mass is 367 g/mol. The molecule has 0 radical (unpaired) electrons. The van der Waals surface area contributed by atoms with Crippen LogP contribution in [0.5, 0.6) is 0 Å². The Kier molecular flexibility index (Phi) is 6.38. The van der Waals surface area contributed by atoms with Gasteiger partial charge in [0.15, 0.2) is 0 Å². The number of benzene rings is 1. The Hall–Kier alpha value is -3.81. The summed E-state index contributed by atoms with van der Waals surface area (Å²) in [5.41, 5.74) is 1.72. The molecule has 1 aliphatic heterocycles. The molecule has 0 atom stereocenters. The van der Waals surface area contributed by atoms with E-state index in [1.54, 1.807) is 31.2 Å². The maximum Gasteiger partial charge on any atom is 0.270 e. The molecule has 0 aliphatic carbocycles. The van der Waals surface area contributed by atoms with Gasteiger partial charge < -0.3 is 4.74 Å². The highest BCUT2D eigenvalue weighted by molar-refractivity contribution is 5.89. The van der Waals surface area contributed by atoms with Crippen LogP contribution in [0.15, 0.2) is 83.0 Å². The lowest BCUT2D eigenvalue weighted by Gasteiger charge is -2.18. The van der Waals surface area contributed by atoms with Crippen molar-refractivity contribution in [1.29, 1.82) is 10.5 Å². The van der Waals surface area contributed by atoms with E-state index in [1.165, 1.54) is 0 Å². The summed E-state index contributed by atoms with van der Waals surface area (Å²) in [7, 11) is 0. The number of ether oxygens (including phenoxy) is 1. The first-order valence-corrected chi connectivity index (χ1v) is 8.78. The number of hydrogen-bond acceptors (Lipinski definition) is 3. The molecule has 0 bridgehead atoms. The SMILES string of the molecule is [C-]#[N+]/C(C#N)=C(/C(C#N)=C1/C=C(C)OC(/C=C/C(C)(C)C)=C1)c1ccccc1. The molecule has 0 amide bonds. The Labute approximate surface area is 166 Å². The molecule has 28 heavy (non-hydrogen) atoms. The minimum absolute atomic E-state index is 0.0195. The van der Waals surface area contributed by atoms with Gasteiger partial charge in [0, 0.05) is 5.57 Å². The fraction of sp³-hybridized carbons (Fsp3) is 0.208. The summed E-state index contributed by atoms with van der Waals surface area (Å²) in [6, 6.07) is 13.2. The summed E-state index contributed by atoms with van der Waals surface area (Å²) in [6.45, 7) is 15.4. The summed E-state index contributed by atoms with van der Waals surface area (Å²) < 4.78 is 5.76. The largest absolute Gasteiger partial charge is 0.462 e. The molecule has 4 heteroatoms. The first-order chi connectivity index (χ1) is 13.3. The van der Waals surface area contributed by atoms with Gasteiger partial charge in [0.25, 0.3) is 5.70 Å². The second-order valence-electron chi connectivity index (χ2n) is 7.36. The van der Waals surface area contributed by atoms with Gasteiger partial charge in [-0.1, -0.05) is 57.2 Å². The number of rotatable bonds is 3. The third kappa shape index (κ3) is 5.10. The van der Waals surface area contributed by atoms with Crippen LogP contribution in [-0.4, -0.2) is 0 Å². The number of nitriles is 2. The Morgan fingerprint density at radius 3 is 2.32 bits per heavy atom. The van der Waals surface area contributed by atoms with E-state index in [0.717, 1.165) is 0 Å². The summed E-state index contributed by atoms with van der Waals surface area (Å²) in [4.78, 5) is 3.35. The Balaban J connectivity index is 2.74. The molecule has 1 heterocycles. The molecule has 0 aromatic heterocycles. The molecular formula is C24H21N3O. The van der Waals surface area contributed by atoms with Crippen LogP contribution in [0.2, 0.25) is 0 Å². The van der Waals surface area contributed by atoms with E-state index in [1.807, 2.05) is 36.4 Å². The van der Waals surface area contributed by atoms with E-state index < -0.39 is 0 Å². The first kappa shape index (κ1) is 20.5. The van der Waals surface area contributed by atoms with Crippen LogP contribution >= 0.6 is 0 Å². The van der Waals surface area contributed by atoms with Gasteiger partial charge in [-0.15, -0.1) is 0 Å². The van der Waals surface area contributed by atoms with Gasteiger partial charge in [0.2, 0.25) is 0 Å². The Morgan fingerprint density at radius 2 is 1.79 bits per heavy atom. The first-order valence-electron chi connectivity index (χ1n) is 8.78. The number of hydrogen-bond donors (Lipinski definition) is 0. The lowest BCUT2D eigenvalue weighted by atomic mass is 9.91. The molecule has 1 aliphatic rings. The fourth-order valence-corrected chi connectivity index (χ4v) is 2.62. The normalized spacial score (nSPS) is 16.6. The third-order valence-electron chi connectivity index (χ3n) is 3.85. The Morgan fingerprint density at radius 1 is 1.11 bits per heavy atom. The van der Waals surface area contributed by atoms with Gasteiger partial charge in [0.1, 0.15) is 11.5 Å². The minimum atomic E-state index is -0.118. The predicted molar refractivity (Wildman–Crippen MR) is 110 cm³/mol. The van der Waals surface area contributed by atoms with Crippen molar-refractivity contribution in [3.8, 4) is 12.1 Å². The van der Waals surface area contributed by atoms with Crippen molar-refractivity contribution in [1.82, 2.24) is 0 Å². The minimum Gasteiger partial charge on any atom is -0.462 e. The van der Waals surface area contributed by atoms with Crippen molar-refractivity contribution in [2.45, 2.75) is 27.7 Å². The molecule has 0 saturated heterocycles. The average Bonchev–Trinajstić information content (AvgIpc) is 2.66. The number of nitrogens with zero attached hydrogens (tertiary/aromatic N) is 3. The second kappa shape index (κ2) is 8.72. The van der Waals surface area contributed by atoms with Crippen LogP contribution in [0.25, 0.3) is 10.4 Å². The van der Waals surface area contributed by atoms with Crippen LogP contribution in [0.1, 0.15) is 33.3 Å². The molecule has 1 aromatic rings. The van der Waals surface area contributed by atoms with E-state index in [9.17, 15) is 10.5 Å². The molecule has 0 fully saturated rings. The topological polar surface area (TPSA) is 61.2 Å². The summed E-state index contributed by atoms with van der Waals surface area (Å²) in [6.07, 6.45) is 7.40. The Bertz CT molecular complexity index is 1020. The fourth-order valence-electron chi connectivity index (χ4n) is 2.62. The average molecular weight is 367 g/mol. The van der Waals surface area contributed by atoms with Crippen molar-refractivity contribution in [2.24, 2.45) is 5.41 Å². The smallest absolute Gasteiger partial charge is 0.270 e. The van der Waals surface area contributed by atoms with E-state index in [0.29, 0.717) is 28.2 Å². The maximum absolute atomic E-state index is 9.91. The summed E-state index contributed by atoms with van der Waals surface area (Å²) >= 11 is 0. The zero-order valence-electron chi connectivity index (χ0n) is 16.4. The quantitative estimate of drug-likeness (QED) is 0.480. The highest BCUT2D eigenvalue weighted by Crippen LogP contribution is 2.33. The zero-order chi connectivity index (χ0) is 20.7. The van der Waals surface area contributed by atoms with Gasteiger partial charge in [-0.05, 0) is 41.7 Å². The van der Waals surface area contributed by atoms with Crippen molar-refractivity contribution >= 4 is 5.57 Å². The van der Waals surface area contributed by atoms with Crippen LogP contribution in [0.4, 0.5) is 0 Å². The van der Waals surface area contributed by atoms with Gasteiger partial charge in [-0.3, -0.25) is 0 Å². The molecule has 2 rings (SSSR count). The van der Waals surface area contributed by atoms with Crippen molar-refractivity contribution < 1.29 is 4.74 Å². The molecule has 4 nitrogen and oxygen atoms in total. The second-order valence-corrected chi connectivity index (χ2v) is 7.36. The molecular weight excluding hydrogens is 346 g/mol. The van der Waals surface area contributed by atoms with Crippen LogP contribution < -0.4 is 0 Å². The van der Waals surface area contributed by atoms with Gasteiger partial charge in [-0.25, -0.2) is 10.1 Å². The van der Waals surface area contributed by atoms with E-state index in [4.69, 9.17) is 11.3 Å². The summed E-state index contributed by atoms with van der Waals surface area (Å²) in [5.74, 6) is 1.24. The van der Waals surface area contributed by atoms with Gasteiger partial charge >= 0.3 is 0 Å². The third-order valence-corrected chi connectivity index (χ3v) is 3.85. The summed E-state index contributed by atoms with van der Waals surface area (Å²) in [5, 5.41) is 19.4. The number of allylic oxidation sites excluding steroid dienone is 9. The van der Waals surface area contributed by atoms with Crippen LogP contribution in [-0.2, 0) is 4.74 Å². The van der Waals surface area contributed by atoms with Crippen LogP contribution in [0.3, 0.4) is 0 Å². The highest BCUT2D eigenvalue weighted by Gasteiger charge is 2.19. The van der Waals surface area contributed by atoms with Crippen molar-refractivity contribution in [3.05, 3.63) is 100.0 Å².